The first-order chi connectivity index (χ1) is 13.7. The van der Waals surface area contributed by atoms with Crippen molar-refractivity contribution in [3.63, 3.8) is 0 Å². The quantitative estimate of drug-likeness (QED) is 0.604. The summed E-state index contributed by atoms with van der Waals surface area (Å²) in [5, 5.41) is 14.1. The number of aryl methyl sites for hydroxylation is 1. The summed E-state index contributed by atoms with van der Waals surface area (Å²) in [7, 11) is 0. The maximum atomic E-state index is 12.4. The van der Waals surface area contributed by atoms with Crippen molar-refractivity contribution in [2.75, 3.05) is 5.32 Å². The number of carbonyl (C=O) groups excluding carboxylic acids is 1. The third-order valence-corrected chi connectivity index (χ3v) is 4.76. The summed E-state index contributed by atoms with van der Waals surface area (Å²) in [6.07, 6.45) is -4.77. The molecule has 0 spiro atoms. The second-order valence-corrected chi connectivity index (χ2v) is 7.34. The minimum absolute atomic E-state index is 0.343. The smallest absolute Gasteiger partial charge is 0.406 e. The number of thioether (sulfide) groups is 1. The molecule has 3 rings (SSSR count). The van der Waals surface area contributed by atoms with E-state index in [0.717, 1.165) is 35.1 Å². The third-order valence-electron chi connectivity index (χ3n) is 3.73. The Morgan fingerprint density at radius 3 is 2.41 bits per heavy atom. The van der Waals surface area contributed by atoms with Crippen molar-refractivity contribution in [2.45, 2.75) is 30.6 Å². The lowest BCUT2D eigenvalue weighted by molar-refractivity contribution is -0.274. The van der Waals surface area contributed by atoms with Gasteiger partial charge in [-0.15, -0.1) is 18.3 Å². The molecule has 1 amide bonds. The summed E-state index contributed by atoms with van der Waals surface area (Å²) in [5.41, 5.74) is 2.20. The highest BCUT2D eigenvalue weighted by Gasteiger charge is 2.31. The van der Waals surface area contributed by atoms with Gasteiger partial charge < -0.3 is 10.1 Å². The first-order valence-electron chi connectivity index (χ1n) is 8.40. The third kappa shape index (κ3) is 5.70. The number of tetrazole rings is 1. The average molecular weight is 423 g/mol. The Hall–Kier alpha value is -3.08. The van der Waals surface area contributed by atoms with E-state index in [4.69, 9.17) is 0 Å². The second kappa shape index (κ2) is 8.52. The topological polar surface area (TPSA) is 81.9 Å². The van der Waals surface area contributed by atoms with Gasteiger partial charge in [0.1, 0.15) is 5.75 Å². The second-order valence-electron chi connectivity index (χ2n) is 6.03. The first kappa shape index (κ1) is 20.6. The van der Waals surface area contributed by atoms with Crippen LogP contribution in [0.25, 0.3) is 5.69 Å². The van der Waals surface area contributed by atoms with E-state index in [-0.39, 0.29) is 11.7 Å². The number of nitrogens with zero attached hydrogens (tertiary/aromatic N) is 4. The summed E-state index contributed by atoms with van der Waals surface area (Å²) < 4.78 is 41.9. The zero-order chi connectivity index (χ0) is 21.0. The van der Waals surface area contributed by atoms with Crippen LogP contribution in [0, 0.1) is 6.92 Å². The van der Waals surface area contributed by atoms with E-state index in [1.54, 1.807) is 6.92 Å². The van der Waals surface area contributed by atoms with Crippen LogP contribution in [-0.4, -0.2) is 37.7 Å². The number of carbonyl (C=O) groups is 1. The van der Waals surface area contributed by atoms with Gasteiger partial charge in [-0.25, -0.2) is 0 Å². The Labute approximate surface area is 168 Å². The van der Waals surface area contributed by atoms with Crippen molar-refractivity contribution >= 4 is 23.4 Å². The minimum atomic E-state index is -4.77. The molecule has 0 radical (unpaired) electrons. The van der Waals surface area contributed by atoms with E-state index in [2.05, 4.69) is 25.6 Å². The predicted octanol–water partition coefficient (Wildman–Crippen LogP) is 3.99. The molecule has 11 heteroatoms. The monoisotopic (exact) mass is 423 g/mol. The van der Waals surface area contributed by atoms with Gasteiger partial charge in [0.05, 0.1) is 10.9 Å². The molecule has 0 aliphatic rings. The molecule has 2 aromatic carbocycles. The van der Waals surface area contributed by atoms with Crippen LogP contribution < -0.4 is 10.1 Å². The molecule has 1 aromatic heterocycles. The van der Waals surface area contributed by atoms with Crippen molar-refractivity contribution in [3.8, 4) is 11.4 Å². The summed E-state index contributed by atoms with van der Waals surface area (Å²) in [6, 6.07) is 12.5. The number of aromatic nitrogens is 4. The predicted molar refractivity (Wildman–Crippen MR) is 101 cm³/mol. The van der Waals surface area contributed by atoms with Crippen molar-refractivity contribution in [1.82, 2.24) is 20.2 Å². The summed E-state index contributed by atoms with van der Waals surface area (Å²) in [5.74, 6) is -0.715. The van der Waals surface area contributed by atoms with Crippen LogP contribution in [0.1, 0.15) is 12.5 Å². The maximum absolute atomic E-state index is 12.4. The Morgan fingerprint density at radius 1 is 1.14 bits per heavy atom. The lowest BCUT2D eigenvalue weighted by Gasteiger charge is -2.13. The van der Waals surface area contributed by atoms with Crippen LogP contribution in [0.15, 0.2) is 53.7 Å². The van der Waals surface area contributed by atoms with Crippen molar-refractivity contribution < 1.29 is 22.7 Å². The number of hydrogen-bond donors (Lipinski definition) is 1. The fourth-order valence-electron chi connectivity index (χ4n) is 2.30. The van der Waals surface area contributed by atoms with Gasteiger partial charge in [0.15, 0.2) is 0 Å². The summed E-state index contributed by atoms with van der Waals surface area (Å²) in [4.78, 5) is 12.4. The number of nitrogens with one attached hydrogen (secondary N) is 1. The SMILES string of the molecule is Cc1ccc(-n2nnnc2SC(C)C(=O)Nc2ccc(OC(F)(F)F)cc2)cc1. The lowest BCUT2D eigenvalue weighted by Crippen LogP contribution is -2.23. The average Bonchev–Trinajstić information content (AvgIpc) is 3.11. The van der Waals surface area contributed by atoms with Crippen molar-refractivity contribution in [2.24, 2.45) is 0 Å². The van der Waals surface area contributed by atoms with E-state index < -0.39 is 11.6 Å². The molecule has 1 N–H and O–H groups in total. The normalized spacial score (nSPS) is 12.4. The largest absolute Gasteiger partial charge is 0.573 e. The summed E-state index contributed by atoms with van der Waals surface area (Å²) >= 11 is 1.16. The Kier molecular flexibility index (Phi) is 6.06. The number of halogens is 3. The molecule has 0 aliphatic heterocycles. The number of rotatable bonds is 6. The first-order valence-corrected chi connectivity index (χ1v) is 9.28. The zero-order valence-corrected chi connectivity index (χ0v) is 16.2. The fourth-order valence-corrected chi connectivity index (χ4v) is 3.10. The van der Waals surface area contributed by atoms with E-state index >= 15 is 0 Å². The van der Waals surface area contributed by atoms with Crippen LogP contribution in [0.5, 0.6) is 5.75 Å². The minimum Gasteiger partial charge on any atom is -0.406 e. The highest BCUT2D eigenvalue weighted by atomic mass is 32.2. The van der Waals surface area contributed by atoms with Crippen LogP contribution in [0.2, 0.25) is 0 Å². The van der Waals surface area contributed by atoms with Gasteiger partial charge >= 0.3 is 6.36 Å². The molecule has 0 aliphatic carbocycles. The Morgan fingerprint density at radius 2 is 1.79 bits per heavy atom. The lowest BCUT2D eigenvalue weighted by atomic mass is 10.2. The van der Waals surface area contributed by atoms with Crippen LogP contribution in [-0.2, 0) is 4.79 Å². The van der Waals surface area contributed by atoms with Gasteiger partial charge in [0.25, 0.3) is 0 Å². The van der Waals surface area contributed by atoms with E-state index in [1.807, 2.05) is 31.2 Å². The molecule has 0 saturated heterocycles. The highest BCUT2D eigenvalue weighted by molar-refractivity contribution is 8.00. The fraction of sp³-hybridized carbons (Fsp3) is 0.222. The summed E-state index contributed by atoms with van der Waals surface area (Å²) in [6.45, 7) is 3.64. The molecule has 0 fully saturated rings. The van der Waals surface area contributed by atoms with Crippen LogP contribution >= 0.6 is 11.8 Å². The van der Waals surface area contributed by atoms with Gasteiger partial charge in [-0.3, -0.25) is 4.79 Å². The van der Waals surface area contributed by atoms with Crippen molar-refractivity contribution in [1.29, 1.82) is 0 Å². The van der Waals surface area contributed by atoms with Gasteiger partial charge in [-0.2, -0.15) is 4.68 Å². The Bertz CT molecular complexity index is 974. The molecule has 0 saturated carbocycles. The molecule has 7 nitrogen and oxygen atoms in total. The van der Waals surface area contributed by atoms with E-state index in [1.165, 1.54) is 16.8 Å². The number of benzene rings is 2. The molecule has 1 heterocycles. The standard InChI is InChI=1S/C18H16F3N5O2S/c1-11-3-7-14(8-4-11)26-17(23-24-25-26)29-12(2)16(27)22-13-5-9-15(10-6-13)28-18(19,20)21/h3-10,12H,1-2H3,(H,22,27). The molecule has 152 valence electrons. The van der Waals surface area contributed by atoms with Crippen LogP contribution in [0.4, 0.5) is 18.9 Å². The molecule has 1 atom stereocenters. The molecule has 29 heavy (non-hydrogen) atoms. The van der Waals surface area contributed by atoms with Gasteiger partial charge in [0.2, 0.25) is 11.1 Å². The molecular weight excluding hydrogens is 407 g/mol. The highest BCUT2D eigenvalue weighted by Crippen LogP contribution is 2.26. The van der Waals surface area contributed by atoms with Crippen LogP contribution in [0.3, 0.4) is 0 Å². The van der Waals surface area contributed by atoms with E-state index in [0.29, 0.717) is 10.8 Å². The zero-order valence-electron chi connectivity index (χ0n) is 15.3. The number of alkyl halides is 3. The van der Waals surface area contributed by atoms with E-state index in [9.17, 15) is 18.0 Å². The number of amides is 1. The van der Waals surface area contributed by atoms with Gasteiger partial charge in [-0.1, -0.05) is 29.5 Å². The number of ether oxygens (including phenoxy) is 1. The van der Waals surface area contributed by atoms with Gasteiger partial charge in [-0.05, 0) is 60.7 Å². The molecule has 0 bridgehead atoms. The molecule has 1 unspecified atom stereocenters. The maximum Gasteiger partial charge on any atom is 0.573 e. The van der Waals surface area contributed by atoms with Crippen molar-refractivity contribution in [3.05, 3.63) is 54.1 Å². The molecule has 3 aromatic rings. The Balaban J connectivity index is 1.63. The number of hydrogen-bond acceptors (Lipinski definition) is 6. The van der Waals surface area contributed by atoms with Gasteiger partial charge in [0, 0.05) is 5.69 Å². The molecular formula is C18H16F3N5O2S. The number of anilines is 1.